The van der Waals surface area contributed by atoms with E-state index in [0.29, 0.717) is 18.2 Å². The fraction of sp³-hybridized carbons (Fsp3) is 0.391. The van der Waals surface area contributed by atoms with Gasteiger partial charge in [-0.1, -0.05) is 67.9 Å². The Morgan fingerprint density at radius 3 is 2.20 bits per heavy atom. The summed E-state index contributed by atoms with van der Waals surface area (Å²) in [7, 11) is -3.71. The zero-order chi connectivity index (χ0) is 21.9. The molecule has 0 aliphatic carbocycles. The van der Waals surface area contributed by atoms with Crippen molar-refractivity contribution in [3.8, 4) is 11.4 Å². The van der Waals surface area contributed by atoms with E-state index in [1.165, 1.54) is 4.31 Å². The van der Waals surface area contributed by atoms with Crippen LogP contribution in [-0.4, -0.2) is 28.9 Å². The summed E-state index contributed by atoms with van der Waals surface area (Å²) < 4.78 is 33.6. The maximum Gasteiger partial charge on any atom is 0.243 e. The summed E-state index contributed by atoms with van der Waals surface area (Å²) in [5.74, 6) is 1.06. The first-order valence-electron chi connectivity index (χ1n) is 10.2. The Morgan fingerprint density at radius 1 is 1.00 bits per heavy atom. The summed E-state index contributed by atoms with van der Waals surface area (Å²) in [6.45, 7) is 10.0. The van der Waals surface area contributed by atoms with Crippen LogP contribution in [0.3, 0.4) is 0 Å². The normalized spacial score (nSPS) is 13.2. The van der Waals surface area contributed by atoms with E-state index in [0.717, 1.165) is 16.7 Å². The molecule has 30 heavy (non-hydrogen) atoms. The summed E-state index contributed by atoms with van der Waals surface area (Å²) in [6, 6.07) is 14.7. The van der Waals surface area contributed by atoms with Crippen molar-refractivity contribution in [1.29, 1.82) is 0 Å². The van der Waals surface area contributed by atoms with Crippen molar-refractivity contribution in [3.05, 3.63) is 65.5 Å². The van der Waals surface area contributed by atoms with E-state index in [2.05, 4.69) is 24.0 Å². The third-order valence-electron chi connectivity index (χ3n) is 5.30. The molecule has 0 spiro atoms. The minimum absolute atomic E-state index is 0.0299. The van der Waals surface area contributed by atoms with Crippen LogP contribution >= 0.6 is 0 Å². The highest BCUT2D eigenvalue weighted by molar-refractivity contribution is 7.89. The van der Waals surface area contributed by atoms with Crippen LogP contribution in [0.15, 0.2) is 57.9 Å². The molecule has 160 valence electrons. The van der Waals surface area contributed by atoms with Gasteiger partial charge in [0.2, 0.25) is 21.7 Å². The third kappa shape index (κ3) is 4.79. The molecule has 1 atom stereocenters. The summed E-state index contributed by atoms with van der Waals surface area (Å²) in [6.07, 6.45) is 0.669. The molecule has 0 aliphatic rings. The Morgan fingerprint density at radius 2 is 1.63 bits per heavy atom. The molecule has 1 aromatic heterocycles. The van der Waals surface area contributed by atoms with Gasteiger partial charge in [0.15, 0.2) is 0 Å². The number of hydrogen-bond donors (Lipinski definition) is 0. The van der Waals surface area contributed by atoms with Gasteiger partial charge in [0.25, 0.3) is 0 Å². The second kappa shape index (κ2) is 9.10. The average Bonchev–Trinajstić information content (AvgIpc) is 3.20. The monoisotopic (exact) mass is 427 g/mol. The van der Waals surface area contributed by atoms with Crippen LogP contribution < -0.4 is 0 Å². The summed E-state index contributed by atoms with van der Waals surface area (Å²) in [4.78, 5) is 4.70. The largest absolute Gasteiger partial charge is 0.338 e. The lowest BCUT2D eigenvalue weighted by Crippen LogP contribution is -2.37. The predicted octanol–water partition coefficient (Wildman–Crippen LogP) is 5.16. The van der Waals surface area contributed by atoms with Gasteiger partial charge in [0.05, 0.1) is 11.4 Å². The first-order valence-corrected chi connectivity index (χ1v) is 11.7. The molecule has 0 fully saturated rings. The average molecular weight is 428 g/mol. The smallest absolute Gasteiger partial charge is 0.243 e. The van der Waals surface area contributed by atoms with E-state index in [9.17, 15) is 8.42 Å². The number of aryl methyl sites for hydroxylation is 1. The Balaban J connectivity index is 1.88. The van der Waals surface area contributed by atoms with E-state index in [-0.39, 0.29) is 23.4 Å². The summed E-state index contributed by atoms with van der Waals surface area (Å²) in [5.41, 5.74) is 3.07. The van der Waals surface area contributed by atoms with Crippen molar-refractivity contribution in [2.45, 2.75) is 64.4 Å². The van der Waals surface area contributed by atoms with Gasteiger partial charge in [-0.05, 0) is 43.9 Å². The lowest BCUT2D eigenvalue weighted by atomic mass is 10.0. The number of aromatic nitrogens is 2. The Hall–Kier alpha value is -2.51. The number of nitrogens with zero attached hydrogens (tertiary/aromatic N) is 3. The van der Waals surface area contributed by atoms with E-state index in [1.54, 1.807) is 12.1 Å². The third-order valence-corrected chi connectivity index (χ3v) is 7.28. The van der Waals surface area contributed by atoms with Crippen LogP contribution in [0.25, 0.3) is 11.4 Å². The van der Waals surface area contributed by atoms with Crippen LogP contribution in [0.1, 0.15) is 57.1 Å². The van der Waals surface area contributed by atoms with Gasteiger partial charge in [0.1, 0.15) is 0 Å². The molecule has 2 aromatic carbocycles. The zero-order valence-electron chi connectivity index (χ0n) is 18.2. The van der Waals surface area contributed by atoms with Crippen LogP contribution in [0.2, 0.25) is 0 Å². The van der Waals surface area contributed by atoms with Crippen molar-refractivity contribution < 1.29 is 12.9 Å². The molecule has 0 N–H and O–H groups in total. The molecule has 0 unspecified atom stereocenters. The Kier molecular flexibility index (Phi) is 6.73. The van der Waals surface area contributed by atoms with Gasteiger partial charge >= 0.3 is 0 Å². The van der Waals surface area contributed by atoms with Crippen LogP contribution in [-0.2, 0) is 16.6 Å². The standard InChI is InChI=1S/C23H29N3O3S/c1-6-18(5)26(30(27,28)21-13-11-19(12-14-21)16(2)3)15-22-24-23(25-29-22)20-9-7-17(4)8-10-20/h7-14,16,18H,6,15H2,1-5H3/t18-/m1/s1. The summed E-state index contributed by atoms with van der Waals surface area (Å²) >= 11 is 0. The summed E-state index contributed by atoms with van der Waals surface area (Å²) in [5, 5.41) is 4.03. The van der Waals surface area contributed by atoms with E-state index >= 15 is 0 Å². The lowest BCUT2D eigenvalue weighted by molar-refractivity contribution is 0.273. The molecule has 3 rings (SSSR count). The van der Waals surface area contributed by atoms with E-state index in [1.807, 2.05) is 57.2 Å². The van der Waals surface area contributed by atoms with Crippen LogP contribution in [0.4, 0.5) is 0 Å². The van der Waals surface area contributed by atoms with Gasteiger partial charge in [-0.3, -0.25) is 0 Å². The lowest BCUT2D eigenvalue weighted by Gasteiger charge is -2.26. The minimum Gasteiger partial charge on any atom is -0.338 e. The molecular formula is C23H29N3O3S. The fourth-order valence-electron chi connectivity index (χ4n) is 3.11. The number of rotatable bonds is 8. The topological polar surface area (TPSA) is 76.3 Å². The maximum absolute atomic E-state index is 13.4. The van der Waals surface area contributed by atoms with Crippen molar-refractivity contribution in [2.75, 3.05) is 0 Å². The van der Waals surface area contributed by atoms with E-state index < -0.39 is 10.0 Å². The molecule has 3 aromatic rings. The van der Waals surface area contributed by atoms with Gasteiger partial charge in [0, 0.05) is 11.6 Å². The molecule has 7 heteroatoms. The highest BCUT2D eigenvalue weighted by atomic mass is 32.2. The number of sulfonamides is 1. The van der Waals surface area contributed by atoms with Gasteiger partial charge in [-0.25, -0.2) is 8.42 Å². The van der Waals surface area contributed by atoms with Crippen molar-refractivity contribution in [1.82, 2.24) is 14.4 Å². The van der Waals surface area contributed by atoms with Crippen LogP contribution in [0, 0.1) is 6.92 Å². The van der Waals surface area contributed by atoms with Gasteiger partial charge in [-0.15, -0.1) is 0 Å². The molecule has 6 nitrogen and oxygen atoms in total. The van der Waals surface area contributed by atoms with Gasteiger partial charge in [-0.2, -0.15) is 9.29 Å². The molecule has 0 amide bonds. The zero-order valence-corrected chi connectivity index (χ0v) is 19.0. The molecule has 0 saturated carbocycles. The fourth-order valence-corrected chi connectivity index (χ4v) is 4.77. The van der Waals surface area contributed by atoms with Crippen molar-refractivity contribution in [3.63, 3.8) is 0 Å². The first-order chi connectivity index (χ1) is 14.2. The molecule has 0 radical (unpaired) electrons. The molecule has 1 heterocycles. The van der Waals surface area contributed by atoms with E-state index in [4.69, 9.17) is 4.52 Å². The van der Waals surface area contributed by atoms with Crippen LogP contribution in [0.5, 0.6) is 0 Å². The number of benzene rings is 2. The Bertz CT molecular complexity index is 1070. The minimum atomic E-state index is -3.71. The molecule has 0 saturated heterocycles. The maximum atomic E-state index is 13.4. The molecular weight excluding hydrogens is 398 g/mol. The second-order valence-electron chi connectivity index (χ2n) is 7.91. The highest BCUT2D eigenvalue weighted by Gasteiger charge is 2.30. The first kappa shape index (κ1) is 22.2. The molecule has 0 bridgehead atoms. The molecule has 0 aliphatic heterocycles. The SMILES string of the molecule is CC[C@@H](C)N(Cc1nc(-c2ccc(C)cc2)no1)S(=O)(=O)c1ccc(C(C)C)cc1. The predicted molar refractivity (Wildman–Crippen MR) is 117 cm³/mol. The second-order valence-corrected chi connectivity index (χ2v) is 9.80. The van der Waals surface area contributed by atoms with Gasteiger partial charge < -0.3 is 4.52 Å². The highest BCUT2D eigenvalue weighted by Crippen LogP contribution is 2.25. The quantitative estimate of drug-likeness (QED) is 0.496. The van der Waals surface area contributed by atoms with Crippen molar-refractivity contribution in [2.24, 2.45) is 0 Å². The number of hydrogen-bond acceptors (Lipinski definition) is 5. The van der Waals surface area contributed by atoms with Crippen molar-refractivity contribution >= 4 is 10.0 Å². The Labute approximate surface area is 179 Å².